The second-order valence-corrected chi connectivity index (χ2v) is 13.0. The van der Waals surface area contributed by atoms with Gasteiger partial charge < -0.3 is 10.1 Å². The van der Waals surface area contributed by atoms with E-state index in [-0.39, 0.29) is 6.61 Å². The molecule has 1 radical (unpaired) electrons. The quantitative estimate of drug-likeness (QED) is 0.141. The van der Waals surface area contributed by atoms with Gasteiger partial charge in [-0.3, -0.25) is 14.6 Å². The second kappa shape index (κ2) is 13.4. The predicted molar refractivity (Wildman–Crippen MR) is 206 cm³/mol. The molecule has 0 bridgehead atoms. The third-order valence-electron chi connectivity index (χ3n) is 9.65. The number of fused-ring (bicyclic) bond motifs is 2. The first kappa shape index (κ1) is 32.1. The smallest absolute Gasteiger partial charge is 0.159 e. The van der Waals surface area contributed by atoms with Crippen LogP contribution in [-0.4, -0.2) is 56.4 Å². The Kier molecular flexibility index (Phi) is 8.13. The van der Waals surface area contributed by atoms with Crippen LogP contribution in [0.4, 0.5) is 0 Å². The topological polar surface area (TPSA) is 123 Å². The molecule has 9 aromatic rings. The number of aliphatic hydroxyl groups is 1. The van der Waals surface area contributed by atoms with Gasteiger partial charge in [-0.1, -0.05) is 102 Å². The number of aromatic nitrogens is 9. The lowest BCUT2D eigenvalue weighted by molar-refractivity contribution is 0.276. The molecule has 10 nitrogen and oxygen atoms in total. The Balaban J connectivity index is 1.34. The highest BCUT2D eigenvalue weighted by Crippen LogP contribution is 2.44. The summed E-state index contributed by atoms with van der Waals surface area (Å²) in [6.07, 6.45) is 7.77. The minimum atomic E-state index is -0.859. The first-order valence-corrected chi connectivity index (χ1v) is 17.5. The molecule has 5 heterocycles. The van der Waals surface area contributed by atoms with Crippen LogP contribution in [0.25, 0.3) is 56.0 Å². The molecule has 0 saturated heterocycles. The van der Waals surface area contributed by atoms with Crippen molar-refractivity contribution in [3.05, 3.63) is 175 Å². The highest BCUT2D eigenvalue weighted by Gasteiger charge is 2.41. The van der Waals surface area contributed by atoms with Crippen LogP contribution in [0.2, 0.25) is 0 Å². The molecule has 0 spiro atoms. The summed E-state index contributed by atoms with van der Waals surface area (Å²) in [5.74, 6) is 0.593. The zero-order chi connectivity index (χ0) is 35.8. The molecule has 257 valence electrons. The van der Waals surface area contributed by atoms with Crippen molar-refractivity contribution in [2.75, 3.05) is 6.61 Å². The van der Waals surface area contributed by atoms with Crippen LogP contribution in [0.1, 0.15) is 28.7 Å². The van der Waals surface area contributed by atoms with E-state index in [1.807, 2.05) is 42.7 Å². The summed E-state index contributed by atoms with van der Waals surface area (Å²) >= 11 is 0. The number of rotatable bonds is 10. The molecule has 0 aliphatic rings. The summed E-state index contributed by atoms with van der Waals surface area (Å²) in [5.41, 5.74) is 9.36. The van der Waals surface area contributed by atoms with E-state index in [0.29, 0.717) is 41.4 Å². The molecular weight excluding hydrogens is 659 g/mol. The Morgan fingerprint density at radius 2 is 1.45 bits per heavy atom. The van der Waals surface area contributed by atoms with Crippen molar-refractivity contribution in [2.24, 2.45) is 0 Å². The summed E-state index contributed by atoms with van der Waals surface area (Å²) in [4.78, 5) is 17.9. The minimum Gasteiger partial charge on any atom is -0.396 e. The molecule has 2 N–H and O–H groups in total. The summed E-state index contributed by atoms with van der Waals surface area (Å²) < 4.78 is 3.86. The highest BCUT2D eigenvalue weighted by molar-refractivity contribution is 5.98. The van der Waals surface area contributed by atoms with E-state index in [2.05, 4.69) is 128 Å². The Morgan fingerprint density at radius 1 is 0.755 bits per heavy atom. The van der Waals surface area contributed by atoms with Gasteiger partial charge in [-0.05, 0) is 65.4 Å². The average Bonchev–Trinajstić information content (AvgIpc) is 3.96. The maximum absolute atomic E-state index is 9.32. The molecule has 0 fully saturated rings. The van der Waals surface area contributed by atoms with Crippen molar-refractivity contribution >= 4 is 21.9 Å². The van der Waals surface area contributed by atoms with Crippen molar-refractivity contribution in [3.8, 4) is 34.0 Å². The van der Waals surface area contributed by atoms with Gasteiger partial charge in [0.2, 0.25) is 0 Å². The molecule has 0 atom stereocenters. The number of benzene rings is 4. The van der Waals surface area contributed by atoms with Crippen LogP contribution >= 0.6 is 0 Å². The lowest BCUT2D eigenvalue weighted by Crippen LogP contribution is -2.38. The van der Waals surface area contributed by atoms with Gasteiger partial charge in [0, 0.05) is 42.7 Å². The van der Waals surface area contributed by atoms with Gasteiger partial charge in [0.1, 0.15) is 28.1 Å². The van der Waals surface area contributed by atoms with Gasteiger partial charge in [-0.15, -0.1) is 5.10 Å². The van der Waals surface area contributed by atoms with Crippen molar-refractivity contribution in [1.29, 1.82) is 0 Å². The third-order valence-corrected chi connectivity index (χ3v) is 9.65. The van der Waals surface area contributed by atoms with Crippen molar-refractivity contribution < 1.29 is 5.11 Å². The number of imidazole rings is 1. The molecule has 0 aliphatic heterocycles. The molecule has 0 aliphatic carbocycles. The SMILES string of the molecule is [CH2]c1cncc(-c2ccc3c(c2)c(-c2nc4c(-c5cn(CCCO)nn5)nccc4[nH]2)nn3C(c2ccccc2)(c2ccccc2)c2ccccc2)c1. The summed E-state index contributed by atoms with van der Waals surface area (Å²) in [6, 6.07) is 41.9. The average molecular weight is 693 g/mol. The van der Waals surface area contributed by atoms with Gasteiger partial charge >= 0.3 is 0 Å². The Morgan fingerprint density at radius 3 is 2.11 bits per heavy atom. The Bertz CT molecular complexity index is 2590. The van der Waals surface area contributed by atoms with E-state index in [1.165, 1.54) is 0 Å². The van der Waals surface area contributed by atoms with Crippen LogP contribution in [0.5, 0.6) is 0 Å². The largest absolute Gasteiger partial charge is 0.396 e. The van der Waals surface area contributed by atoms with Crippen molar-refractivity contribution in [1.82, 2.24) is 44.7 Å². The Labute approximate surface area is 305 Å². The van der Waals surface area contributed by atoms with Crippen molar-refractivity contribution in [2.45, 2.75) is 18.5 Å². The van der Waals surface area contributed by atoms with E-state index in [0.717, 1.165) is 49.8 Å². The van der Waals surface area contributed by atoms with Crippen LogP contribution in [0.15, 0.2) is 146 Å². The third kappa shape index (κ3) is 5.56. The van der Waals surface area contributed by atoms with Crippen LogP contribution in [-0.2, 0) is 12.1 Å². The Hall–Kier alpha value is -6.78. The molecule has 53 heavy (non-hydrogen) atoms. The first-order chi connectivity index (χ1) is 26.1. The number of H-pyrrole nitrogens is 1. The predicted octanol–water partition coefficient (Wildman–Crippen LogP) is 7.70. The number of hydrogen-bond acceptors (Lipinski definition) is 7. The molecule has 4 aromatic carbocycles. The number of aliphatic hydroxyl groups excluding tert-OH is 1. The van der Waals surface area contributed by atoms with Gasteiger partial charge in [-0.25, -0.2) is 9.67 Å². The fourth-order valence-electron chi connectivity index (χ4n) is 7.26. The zero-order valence-corrected chi connectivity index (χ0v) is 28.7. The normalized spacial score (nSPS) is 11.8. The highest BCUT2D eigenvalue weighted by atomic mass is 16.3. The van der Waals surface area contributed by atoms with Gasteiger partial charge in [-0.2, -0.15) is 5.10 Å². The lowest BCUT2D eigenvalue weighted by atomic mass is 9.77. The molecule has 0 amide bonds. The van der Waals surface area contributed by atoms with Crippen molar-refractivity contribution in [3.63, 3.8) is 0 Å². The maximum atomic E-state index is 9.32. The van der Waals surface area contributed by atoms with Crippen LogP contribution in [0.3, 0.4) is 0 Å². The fourth-order valence-corrected chi connectivity index (χ4v) is 7.26. The number of aromatic amines is 1. The monoisotopic (exact) mass is 692 g/mol. The van der Waals surface area contributed by atoms with E-state index in [9.17, 15) is 5.11 Å². The molecular formula is C43H34N9O. The van der Waals surface area contributed by atoms with E-state index in [4.69, 9.17) is 10.1 Å². The molecule has 9 rings (SSSR count). The zero-order valence-electron chi connectivity index (χ0n) is 28.7. The van der Waals surface area contributed by atoms with Gasteiger partial charge in [0.05, 0.1) is 17.2 Å². The standard InChI is InChI=1S/C43H34N9O/c1-29-24-31(27-44-26-29)30-18-19-38-35(25-30)39(42-46-36-20-21-45-40(41(36)47-42)37-28-51(50-48-37)22-11-23-53)49-52(38)43(32-12-5-2-6-13-32,33-14-7-3-8-15-33)34-16-9-4-10-17-34/h2-10,12-21,24-28,53H,1,11,22-23H2,(H,46,47). The number of pyridine rings is 2. The van der Waals surface area contributed by atoms with Gasteiger partial charge in [0.25, 0.3) is 0 Å². The molecule has 5 aromatic heterocycles. The molecule has 0 saturated carbocycles. The van der Waals surface area contributed by atoms with Crippen LogP contribution in [0, 0.1) is 6.92 Å². The summed E-state index contributed by atoms with van der Waals surface area (Å²) in [6.45, 7) is 4.75. The first-order valence-electron chi connectivity index (χ1n) is 17.5. The van der Waals surface area contributed by atoms with E-state index in [1.54, 1.807) is 17.1 Å². The van der Waals surface area contributed by atoms with E-state index >= 15 is 0 Å². The second-order valence-electron chi connectivity index (χ2n) is 13.0. The molecule has 10 heteroatoms. The summed E-state index contributed by atoms with van der Waals surface area (Å²) in [5, 5.41) is 24.4. The number of hydrogen-bond donors (Lipinski definition) is 2. The van der Waals surface area contributed by atoms with Gasteiger partial charge in [0.15, 0.2) is 5.82 Å². The fraction of sp³-hybridized carbons (Fsp3) is 0.0930. The molecule has 0 unspecified atom stereocenters. The number of nitrogens with zero attached hydrogens (tertiary/aromatic N) is 8. The summed E-state index contributed by atoms with van der Waals surface area (Å²) in [7, 11) is 0. The van der Waals surface area contributed by atoms with E-state index < -0.39 is 5.54 Å². The number of nitrogens with one attached hydrogen (secondary N) is 1. The minimum absolute atomic E-state index is 0.0749. The lowest BCUT2D eigenvalue weighted by Gasteiger charge is -2.37. The van der Waals surface area contributed by atoms with Crippen LogP contribution < -0.4 is 0 Å². The number of aryl methyl sites for hydroxylation is 1. The maximum Gasteiger partial charge on any atom is 0.159 e.